The highest BCUT2D eigenvalue weighted by atomic mass is 32.2. The van der Waals surface area contributed by atoms with Crippen molar-refractivity contribution in [3.63, 3.8) is 0 Å². The van der Waals surface area contributed by atoms with Crippen molar-refractivity contribution in [3.05, 3.63) is 65.2 Å². The molecule has 0 unspecified atom stereocenters. The van der Waals surface area contributed by atoms with Gasteiger partial charge in [-0.2, -0.15) is 4.31 Å². The largest absolute Gasteiger partial charge is 0.465 e. The highest BCUT2D eigenvalue weighted by Gasteiger charge is 2.29. The number of carbonyl (C=O) groups excluding carboxylic acids is 2. The van der Waals surface area contributed by atoms with E-state index in [9.17, 15) is 18.0 Å². The minimum Gasteiger partial charge on any atom is -0.465 e. The van der Waals surface area contributed by atoms with E-state index >= 15 is 0 Å². The summed E-state index contributed by atoms with van der Waals surface area (Å²) in [5, 5.41) is 0. The van der Waals surface area contributed by atoms with Crippen molar-refractivity contribution in [1.29, 1.82) is 0 Å². The van der Waals surface area contributed by atoms with Crippen LogP contribution in [0, 0.1) is 0 Å². The average Bonchev–Trinajstić information content (AvgIpc) is 2.81. The van der Waals surface area contributed by atoms with Crippen LogP contribution in [0.25, 0.3) is 0 Å². The predicted molar refractivity (Wildman–Crippen MR) is 119 cm³/mol. The van der Waals surface area contributed by atoms with Gasteiger partial charge in [-0.05, 0) is 42.7 Å². The Morgan fingerprint density at radius 2 is 1.84 bits per heavy atom. The molecule has 8 nitrogen and oxygen atoms in total. The number of ether oxygens (including phenoxy) is 2. The first kappa shape index (κ1) is 23.9. The third-order valence-electron chi connectivity index (χ3n) is 5.29. The topological polar surface area (TPSA) is 93.2 Å². The van der Waals surface area contributed by atoms with E-state index in [4.69, 9.17) is 9.47 Å². The molecule has 0 saturated carbocycles. The maximum Gasteiger partial charge on any atom is 0.325 e. The molecule has 9 heteroatoms. The van der Waals surface area contributed by atoms with E-state index in [1.54, 1.807) is 6.92 Å². The van der Waals surface area contributed by atoms with Gasteiger partial charge in [-0.1, -0.05) is 30.3 Å². The van der Waals surface area contributed by atoms with Gasteiger partial charge in [0.2, 0.25) is 10.0 Å². The van der Waals surface area contributed by atoms with Crippen LogP contribution in [0.1, 0.15) is 28.4 Å². The molecule has 0 radical (unpaired) electrons. The third-order valence-corrected chi connectivity index (χ3v) is 7.13. The zero-order valence-electron chi connectivity index (χ0n) is 18.3. The number of methoxy groups -OCH3 is 1. The SMILES string of the molecule is CCOC(=O)CN(CCOC)C(=O)c1cccc(S(=O)(=O)N2CCc3ccccc3C2)c1. The van der Waals surface area contributed by atoms with Gasteiger partial charge < -0.3 is 14.4 Å². The van der Waals surface area contributed by atoms with E-state index < -0.39 is 21.9 Å². The number of benzene rings is 2. The molecule has 172 valence electrons. The molecule has 0 fully saturated rings. The molecule has 32 heavy (non-hydrogen) atoms. The van der Waals surface area contributed by atoms with Crippen LogP contribution in [0.15, 0.2) is 53.4 Å². The van der Waals surface area contributed by atoms with E-state index in [-0.39, 0.29) is 36.8 Å². The number of hydrogen-bond acceptors (Lipinski definition) is 6. The first-order valence-electron chi connectivity index (χ1n) is 10.5. The summed E-state index contributed by atoms with van der Waals surface area (Å²) in [5.74, 6) is -0.996. The van der Waals surface area contributed by atoms with Crippen molar-refractivity contribution in [2.24, 2.45) is 0 Å². The fraction of sp³-hybridized carbons (Fsp3) is 0.391. The van der Waals surface area contributed by atoms with E-state index in [0.29, 0.717) is 19.5 Å². The molecule has 3 rings (SSSR count). The van der Waals surface area contributed by atoms with Gasteiger partial charge in [0.25, 0.3) is 5.91 Å². The molecule has 0 aliphatic carbocycles. The van der Waals surface area contributed by atoms with E-state index in [0.717, 1.165) is 11.1 Å². The number of rotatable bonds is 9. The summed E-state index contributed by atoms with van der Waals surface area (Å²) in [4.78, 5) is 26.3. The van der Waals surface area contributed by atoms with E-state index in [1.807, 2.05) is 24.3 Å². The second-order valence-electron chi connectivity index (χ2n) is 7.41. The monoisotopic (exact) mass is 460 g/mol. The zero-order valence-corrected chi connectivity index (χ0v) is 19.1. The van der Waals surface area contributed by atoms with Gasteiger partial charge in [0.05, 0.1) is 18.1 Å². The number of sulfonamides is 1. The standard InChI is InChI=1S/C23H28N2O6S/c1-3-31-22(26)17-24(13-14-30-2)23(27)19-9-6-10-21(15-19)32(28,29)25-12-11-18-7-4-5-8-20(18)16-25/h4-10,15H,3,11-14,16-17H2,1-2H3. The minimum absolute atomic E-state index is 0.0468. The number of hydrogen-bond donors (Lipinski definition) is 0. The molecular weight excluding hydrogens is 432 g/mol. The summed E-state index contributed by atoms with van der Waals surface area (Å²) in [6, 6.07) is 13.7. The molecular formula is C23H28N2O6S. The van der Waals surface area contributed by atoms with Crippen LogP contribution in [0.2, 0.25) is 0 Å². The summed E-state index contributed by atoms with van der Waals surface area (Å²) in [7, 11) is -2.29. The lowest BCUT2D eigenvalue weighted by Gasteiger charge is -2.28. The summed E-state index contributed by atoms with van der Waals surface area (Å²) >= 11 is 0. The minimum atomic E-state index is -3.79. The summed E-state index contributed by atoms with van der Waals surface area (Å²) in [6.07, 6.45) is 0.637. The number of esters is 1. The quantitative estimate of drug-likeness (QED) is 0.532. The lowest BCUT2D eigenvalue weighted by molar-refractivity contribution is -0.143. The van der Waals surface area contributed by atoms with Crippen LogP contribution in [-0.4, -0.2) is 69.5 Å². The van der Waals surface area contributed by atoms with Crippen LogP contribution in [0.4, 0.5) is 0 Å². The van der Waals surface area contributed by atoms with Crippen molar-refractivity contribution in [3.8, 4) is 0 Å². The number of carbonyl (C=O) groups is 2. The van der Waals surface area contributed by atoms with Crippen LogP contribution < -0.4 is 0 Å². The lowest BCUT2D eigenvalue weighted by Crippen LogP contribution is -2.39. The summed E-state index contributed by atoms with van der Waals surface area (Å²) in [6.45, 7) is 2.73. The van der Waals surface area contributed by atoms with Crippen molar-refractivity contribution in [1.82, 2.24) is 9.21 Å². The number of amides is 1. The molecule has 1 aliphatic rings. The van der Waals surface area contributed by atoms with Crippen molar-refractivity contribution < 1.29 is 27.5 Å². The second kappa shape index (κ2) is 10.7. The molecule has 1 aliphatic heterocycles. The molecule has 0 bridgehead atoms. The molecule has 0 spiro atoms. The van der Waals surface area contributed by atoms with Gasteiger partial charge in [-0.3, -0.25) is 9.59 Å². The maximum absolute atomic E-state index is 13.3. The third kappa shape index (κ3) is 5.53. The van der Waals surface area contributed by atoms with Gasteiger partial charge in [0.1, 0.15) is 6.54 Å². The first-order chi connectivity index (χ1) is 15.4. The normalized spacial score (nSPS) is 13.9. The molecule has 2 aromatic carbocycles. The van der Waals surface area contributed by atoms with Gasteiger partial charge in [-0.15, -0.1) is 0 Å². The Hall–Kier alpha value is -2.75. The fourth-order valence-corrected chi connectivity index (χ4v) is 5.08. The average molecular weight is 461 g/mol. The fourth-order valence-electron chi connectivity index (χ4n) is 3.61. The molecule has 0 N–H and O–H groups in total. The lowest BCUT2D eigenvalue weighted by atomic mass is 10.0. The number of fused-ring (bicyclic) bond motifs is 1. The summed E-state index contributed by atoms with van der Waals surface area (Å²) < 4.78 is 38.0. The highest BCUT2D eigenvalue weighted by Crippen LogP contribution is 2.25. The van der Waals surface area contributed by atoms with Gasteiger partial charge in [0.15, 0.2) is 0 Å². The molecule has 0 atom stereocenters. The Labute approximate surface area is 188 Å². The van der Waals surface area contributed by atoms with Gasteiger partial charge in [0, 0.05) is 32.3 Å². The van der Waals surface area contributed by atoms with Gasteiger partial charge in [-0.25, -0.2) is 8.42 Å². The van der Waals surface area contributed by atoms with Crippen molar-refractivity contribution in [2.75, 3.05) is 40.0 Å². The first-order valence-corrected chi connectivity index (χ1v) is 11.9. The molecule has 0 aromatic heterocycles. The van der Waals surface area contributed by atoms with Crippen LogP contribution in [0.5, 0.6) is 0 Å². The highest BCUT2D eigenvalue weighted by molar-refractivity contribution is 7.89. The zero-order chi connectivity index (χ0) is 23.1. The van der Waals surface area contributed by atoms with Crippen LogP contribution in [-0.2, 0) is 37.3 Å². The predicted octanol–water partition coefficient (Wildman–Crippen LogP) is 2.09. The second-order valence-corrected chi connectivity index (χ2v) is 9.35. The smallest absolute Gasteiger partial charge is 0.325 e. The van der Waals surface area contributed by atoms with Crippen molar-refractivity contribution >= 4 is 21.9 Å². The Kier molecular flexibility index (Phi) is 8.00. The van der Waals surface area contributed by atoms with Crippen molar-refractivity contribution in [2.45, 2.75) is 24.8 Å². The van der Waals surface area contributed by atoms with Crippen LogP contribution in [0.3, 0.4) is 0 Å². The molecule has 2 aromatic rings. The Bertz CT molecular complexity index is 1070. The summed E-state index contributed by atoms with van der Waals surface area (Å²) in [5.41, 5.74) is 2.31. The molecule has 0 saturated heterocycles. The molecule has 1 amide bonds. The molecule has 1 heterocycles. The maximum atomic E-state index is 13.3. The van der Waals surface area contributed by atoms with E-state index in [2.05, 4.69) is 0 Å². The Morgan fingerprint density at radius 3 is 2.56 bits per heavy atom. The Morgan fingerprint density at radius 1 is 1.09 bits per heavy atom. The van der Waals surface area contributed by atoms with Gasteiger partial charge >= 0.3 is 5.97 Å². The van der Waals surface area contributed by atoms with Crippen LogP contribution >= 0.6 is 0 Å². The number of nitrogens with zero attached hydrogens (tertiary/aromatic N) is 2. The Balaban J connectivity index is 1.82. The van der Waals surface area contributed by atoms with E-state index in [1.165, 1.54) is 40.6 Å².